The lowest BCUT2D eigenvalue weighted by atomic mass is 10.0. The average Bonchev–Trinajstić information content (AvgIpc) is 2.99. The first-order chi connectivity index (χ1) is 11.5. The molecule has 0 atom stereocenters. The first-order valence-corrected chi connectivity index (χ1v) is 7.64. The Balaban J connectivity index is 1.96. The molecule has 124 valence electrons. The Morgan fingerprint density at radius 2 is 1.96 bits per heavy atom. The molecule has 0 aromatic heterocycles. The van der Waals surface area contributed by atoms with Crippen molar-refractivity contribution in [1.82, 2.24) is 0 Å². The van der Waals surface area contributed by atoms with Crippen LogP contribution < -0.4 is 14.2 Å². The minimum Gasteiger partial charge on any atom is -0.491 e. The van der Waals surface area contributed by atoms with Crippen LogP contribution in [0, 0.1) is 0 Å². The lowest BCUT2D eigenvalue weighted by molar-refractivity contribution is -0.130. The third-order valence-electron chi connectivity index (χ3n) is 3.45. The second kappa shape index (κ2) is 6.66. The van der Waals surface area contributed by atoms with E-state index in [9.17, 15) is 9.90 Å². The van der Waals surface area contributed by atoms with Crippen LogP contribution in [0.25, 0.3) is 11.6 Å². The van der Waals surface area contributed by atoms with Gasteiger partial charge in [0.2, 0.25) is 6.79 Å². The van der Waals surface area contributed by atoms with E-state index in [-0.39, 0.29) is 18.5 Å². The van der Waals surface area contributed by atoms with Crippen molar-refractivity contribution in [2.75, 3.05) is 6.79 Å². The fourth-order valence-corrected chi connectivity index (χ4v) is 2.45. The highest BCUT2D eigenvalue weighted by molar-refractivity contribution is 6.20. The van der Waals surface area contributed by atoms with Crippen LogP contribution in [0.3, 0.4) is 0 Å². The molecule has 5 heteroatoms. The molecule has 0 radical (unpaired) electrons. The molecule has 0 fully saturated rings. The van der Waals surface area contributed by atoms with Crippen molar-refractivity contribution >= 4 is 17.6 Å². The van der Waals surface area contributed by atoms with Crippen molar-refractivity contribution in [2.24, 2.45) is 0 Å². The molecule has 2 aromatic carbocycles. The third kappa shape index (κ3) is 3.51. The van der Waals surface area contributed by atoms with E-state index < -0.39 is 5.97 Å². The van der Waals surface area contributed by atoms with Crippen LogP contribution >= 0.6 is 0 Å². The summed E-state index contributed by atoms with van der Waals surface area (Å²) in [6.45, 7) is 4.04. The molecule has 5 nitrogen and oxygen atoms in total. The zero-order valence-electron chi connectivity index (χ0n) is 13.5. The van der Waals surface area contributed by atoms with Crippen molar-refractivity contribution in [3.05, 3.63) is 53.6 Å². The molecule has 1 aliphatic rings. The lowest BCUT2D eigenvalue weighted by Gasteiger charge is -2.10. The summed E-state index contributed by atoms with van der Waals surface area (Å²) in [5, 5.41) is 9.58. The normalized spacial score (nSPS) is 13.2. The average molecular weight is 326 g/mol. The Hall–Kier alpha value is -2.95. The molecule has 0 saturated heterocycles. The van der Waals surface area contributed by atoms with Gasteiger partial charge in [-0.3, -0.25) is 0 Å². The molecule has 2 aromatic rings. The smallest absolute Gasteiger partial charge is 0.336 e. The van der Waals surface area contributed by atoms with E-state index in [2.05, 4.69) is 0 Å². The Morgan fingerprint density at radius 1 is 1.17 bits per heavy atom. The van der Waals surface area contributed by atoms with E-state index in [0.717, 1.165) is 5.56 Å². The Morgan fingerprint density at radius 3 is 2.71 bits per heavy atom. The van der Waals surface area contributed by atoms with E-state index >= 15 is 0 Å². The van der Waals surface area contributed by atoms with E-state index in [0.29, 0.717) is 22.8 Å². The summed E-state index contributed by atoms with van der Waals surface area (Å²) in [7, 11) is 0. The number of aliphatic carboxylic acids is 1. The summed E-state index contributed by atoms with van der Waals surface area (Å²) in [5.74, 6) is 0.866. The van der Waals surface area contributed by atoms with Crippen molar-refractivity contribution in [3.8, 4) is 17.2 Å². The highest BCUT2D eigenvalue weighted by atomic mass is 16.7. The molecule has 0 spiro atoms. The highest BCUT2D eigenvalue weighted by Gasteiger charge is 2.17. The molecule has 0 amide bonds. The molecule has 1 N–H and O–H groups in total. The lowest BCUT2D eigenvalue weighted by Crippen LogP contribution is -2.05. The van der Waals surface area contributed by atoms with Crippen LogP contribution in [0.1, 0.15) is 25.0 Å². The van der Waals surface area contributed by atoms with Crippen LogP contribution in [0.5, 0.6) is 17.2 Å². The van der Waals surface area contributed by atoms with E-state index in [1.807, 2.05) is 38.1 Å². The summed E-state index contributed by atoms with van der Waals surface area (Å²) in [5.41, 5.74) is 1.49. The molecule has 1 aliphatic heterocycles. The zero-order valence-corrected chi connectivity index (χ0v) is 13.5. The summed E-state index contributed by atoms with van der Waals surface area (Å²) < 4.78 is 16.2. The summed E-state index contributed by atoms with van der Waals surface area (Å²) in [4.78, 5) is 11.7. The number of hydrogen-bond donors (Lipinski definition) is 1. The maximum atomic E-state index is 11.7. The fraction of sp³-hybridized carbons (Fsp3) is 0.211. The maximum Gasteiger partial charge on any atom is 0.336 e. The van der Waals surface area contributed by atoms with Crippen LogP contribution in [0.15, 0.2) is 42.5 Å². The molecular weight excluding hydrogens is 308 g/mol. The first kappa shape index (κ1) is 15.9. The van der Waals surface area contributed by atoms with Gasteiger partial charge in [0.15, 0.2) is 11.5 Å². The van der Waals surface area contributed by atoms with Gasteiger partial charge < -0.3 is 19.3 Å². The van der Waals surface area contributed by atoms with Gasteiger partial charge in [-0.25, -0.2) is 4.79 Å². The standard InChI is InChI=1S/C19H18O5/c1-12(2)24-15-5-3-4-13(8-15)9-16(19(20)21)14-6-7-17-18(10-14)23-11-22-17/h3-10,12H,11H2,1-2H3,(H,20,21)/b16-9-. The number of carbonyl (C=O) groups is 1. The van der Waals surface area contributed by atoms with E-state index in [1.54, 1.807) is 24.3 Å². The number of ether oxygens (including phenoxy) is 3. The number of benzene rings is 2. The van der Waals surface area contributed by atoms with Gasteiger partial charge in [0.1, 0.15) is 5.75 Å². The summed E-state index contributed by atoms with van der Waals surface area (Å²) >= 11 is 0. The second-order valence-electron chi connectivity index (χ2n) is 5.67. The molecule has 24 heavy (non-hydrogen) atoms. The molecule has 0 unspecified atom stereocenters. The predicted octanol–water partition coefficient (Wildman–Crippen LogP) is 3.83. The van der Waals surface area contributed by atoms with Gasteiger partial charge in [0.05, 0.1) is 11.7 Å². The molecule has 0 bridgehead atoms. The molecule has 0 aliphatic carbocycles. The van der Waals surface area contributed by atoms with Crippen LogP contribution in [0.2, 0.25) is 0 Å². The number of carboxylic acids is 1. The van der Waals surface area contributed by atoms with Gasteiger partial charge in [-0.05, 0) is 55.3 Å². The predicted molar refractivity (Wildman–Crippen MR) is 90.3 cm³/mol. The summed E-state index contributed by atoms with van der Waals surface area (Å²) in [6, 6.07) is 12.4. The SMILES string of the molecule is CC(C)Oc1cccc(/C=C(\C(=O)O)c2ccc3c(c2)OCO3)c1. The van der Waals surface area contributed by atoms with Crippen molar-refractivity contribution in [2.45, 2.75) is 20.0 Å². The van der Waals surface area contributed by atoms with Crippen LogP contribution in [-0.2, 0) is 4.79 Å². The van der Waals surface area contributed by atoms with Gasteiger partial charge in [-0.1, -0.05) is 18.2 Å². The van der Waals surface area contributed by atoms with Gasteiger partial charge in [0.25, 0.3) is 0 Å². The maximum absolute atomic E-state index is 11.7. The molecule has 0 saturated carbocycles. The van der Waals surface area contributed by atoms with E-state index in [4.69, 9.17) is 14.2 Å². The third-order valence-corrected chi connectivity index (χ3v) is 3.45. The number of carboxylic acid groups (broad SMARTS) is 1. The highest BCUT2D eigenvalue weighted by Crippen LogP contribution is 2.35. The van der Waals surface area contributed by atoms with Crippen molar-refractivity contribution < 1.29 is 24.1 Å². The second-order valence-corrected chi connectivity index (χ2v) is 5.67. The summed E-state index contributed by atoms with van der Waals surface area (Å²) in [6.07, 6.45) is 1.67. The largest absolute Gasteiger partial charge is 0.491 e. The van der Waals surface area contributed by atoms with Crippen molar-refractivity contribution in [1.29, 1.82) is 0 Å². The molecule has 3 rings (SSSR count). The van der Waals surface area contributed by atoms with Crippen LogP contribution in [0.4, 0.5) is 0 Å². The fourth-order valence-electron chi connectivity index (χ4n) is 2.45. The van der Waals surface area contributed by atoms with Gasteiger partial charge in [-0.15, -0.1) is 0 Å². The Bertz CT molecular complexity index is 792. The van der Waals surface area contributed by atoms with E-state index in [1.165, 1.54) is 0 Å². The van der Waals surface area contributed by atoms with Crippen LogP contribution in [-0.4, -0.2) is 24.0 Å². The quantitative estimate of drug-likeness (QED) is 0.668. The van der Waals surface area contributed by atoms with Gasteiger partial charge >= 0.3 is 5.97 Å². The first-order valence-electron chi connectivity index (χ1n) is 7.64. The van der Waals surface area contributed by atoms with Gasteiger partial charge in [0, 0.05) is 0 Å². The van der Waals surface area contributed by atoms with Crippen molar-refractivity contribution in [3.63, 3.8) is 0 Å². The molecular formula is C19H18O5. The minimum atomic E-state index is -1.01. The number of hydrogen-bond acceptors (Lipinski definition) is 4. The van der Waals surface area contributed by atoms with Gasteiger partial charge in [-0.2, -0.15) is 0 Å². The monoisotopic (exact) mass is 326 g/mol. The Labute approximate surface area is 140 Å². The molecule has 1 heterocycles. The Kier molecular flexibility index (Phi) is 4.42. The number of rotatable bonds is 5. The topological polar surface area (TPSA) is 65.0 Å². The number of fused-ring (bicyclic) bond motifs is 1. The minimum absolute atomic E-state index is 0.0528. The zero-order chi connectivity index (χ0) is 17.1.